The molecule has 4 heteroatoms. The standard InChI is InChI=1S/C8H13OSSi.3C4H9.Sn/c1-11(2,3)9-7-8-5-4-6-10-8;3*1-3-4-2;/h4-7H,1-3H3;3*1,3-4H2,2H3;. The van der Waals surface area contributed by atoms with Crippen LogP contribution in [-0.2, 0) is 4.43 Å². The third-order valence-corrected chi connectivity index (χ3v) is 24.0. The van der Waals surface area contributed by atoms with Crippen LogP contribution in [0.4, 0.5) is 0 Å². The SMILES string of the molecule is CCC[CH2][Sn]([CH2]CCC)([CH2]CCC)[CH](O[Si](C)(C)C)c1cccs1. The summed E-state index contributed by atoms with van der Waals surface area (Å²) in [4.78, 5) is 1.55. The van der Waals surface area contributed by atoms with Crippen molar-refractivity contribution < 1.29 is 4.43 Å². The van der Waals surface area contributed by atoms with Gasteiger partial charge in [-0.15, -0.1) is 0 Å². The van der Waals surface area contributed by atoms with Crippen molar-refractivity contribution in [1.82, 2.24) is 0 Å². The van der Waals surface area contributed by atoms with Gasteiger partial charge in [-0.25, -0.2) is 0 Å². The van der Waals surface area contributed by atoms with Gasteiger partial charge in [-0.3, -0.25) is 0 Å². The van der Waals surface area contributed by atoms with Gasteiger partial charge in [0.25, 0.3) is 0 Å². The van der Waals surface area contributed by atoms with Crippen molar-refractivity contribution in [3.05, 3.63) is 22.4 Å². The second-order valence-corrected chi connectivity index (χ2v) is 27.3. The molecule has 1 heterocycles. The number of rotatable bonds is 13. The van der Waals surface area contributed by atoms with E-state index < -0.39 is 26.7 Å². The Balaban J connectivity index is 3.22. The molecule has 0 fully saturated rings. The van der Waals surface area contributed by atoms with Crippen molar-refractivity contribution in [2.24, 2.45) is 0 Å². The first-order valence-corrected chi connectivity index (χ1v) is 22.1. The van der Waals surface area contributed by atoms with Crippen molar-refractivity contribution in [1.29, 1.82) is 0 Å². The molecule has 0 spiro atoms. The number of hydrogen-bond acceptors (Lipinski definition) is 2. The first-order chi connectivity index (χ1) is 11.4. The van der Waals surface area contributed by atoms with Gasteiger partial charge in [0.1, 0.15) is 0 Å². The van der Waals surface area contributed by atoms with E-state index >= 15 is 0 Å². The van der Waals surface area contributed by atoms with E-state index in [0.29, 0.717) is 4.12 Å². The van der Waals surface area contributed by atoms with E-state index in [4.69, 9.17) is 4.43 Å². The summed E-state index contributed by atoms with van der Waals surface area (Å²) in [5, 5.41) is 2.26. The maximum atomic E-state index is 6.98. The molecular formula is C20H40OSSiSn. The van der Waals surface area contributed by atoms with Crippen LogP contribution in [0, 0.1) is 0 Å². The van der Waals surface area contributed by atoms with E-state index in [9.17, 15) is 0 Å². The summed E-state index contributed by atoms with van der Waals surface area (Å²) in [7, 11) is -1.54. The number of hydrogen-bond donors (Lipinski definition) is 0. The van der Waals surface area contributed by atoms with Gasteiger partial charge in [-0.1, -0.05) is 0 Å². The molecule has 1 unspecified atom stereocenters. The predicted octanol–water partition coefficient (Wildman–Crippen LogP) is 8.03. The molecule has 0 amide bonds. The van der Waals surface area contributed by atoms with E-state index in [1.165, 1.54) is 51.8 Å². The van der Waals surface area contributed by atoms with Gasteiger partial charge in [-0.05, 0) is 0 Å². The van der Waals surface area contributed by atoms with Crippen LogP contribution >= 0.6 is 11.3 Å². The first kappa shape index (κ1) is 22.7. The average Bonchev–Trinajstić information content (AvgIpc) is 3.06. The molecule has 0 bridgehead atoms. The van der Waals surface area contributed by atoms with Gasteiger partial charge in [0, 0.05) is 0 Å². The molecule has 0 aliphatic heterocycles. The van der Waals surface area contributed by atoms with Gasteiger partial charge < -0.3 is 0 Å². The Morgan fingerprint density at radius 1 is 0.958 bits per heavy atom. The molecule has 1 aromatic rings. The molecule has 0 aliphatic carbocycles. The van der Waals surface area contributed by atoms with Crippen LogP contribution < -0.4 is 0 Å². The van der Waals surface area contributed by atoms with E-state index in [1.807, 2.05) is 11.3 Å². The number of unbranched alkanes of at least 4 members (excludes halogenated alkanes) is 3. The Hall–Kier alpha value is 0.676. The summed E-state index contributed by atoms with van der Waals surface area (Å²) >= 11 is -0.455. The Morgan fingerprint density at radius 2 is 1.46 bits per heavy atom. The monoisotopic (exact) mass is 476 g/mol. The molecule has 0 N–H and O–H groups in total. The fourth-order valence-corrected chi connectivity index (χ4v) is 28.3. The topological polar surface area (TPSA) is 9.23 Å². The Kier molecular flexibility index (Phi) is 10.8. The van der Waals surface area contributed by atoms with Gasteiger partial charge in [0.05, 0.1) is 0 Å². The van der Waals surface area contributed by atoms with Gasteiger partial charge in [-0.2, -0.15) is 0 Å². The zero-order chi connectivity index (χ0) is 18.1. The third kappa shape index (κ3) is 7.51. The summed E-state index contributed by atoms with van der Waals surface area (Å²) in [6.45, 7) is 14.2. The fourth-order valence-electron chi connectivity index (χ4n) is 3.63. The molecule has 0 aromatic carbocycles. The third-order valence-electron chi connectivity index (χ3n) is 4.91. The molecule has 0 aliphatic rings. The molecule has 0 saturated carbocycles. The Morgan fingerprint density at radius 3 is 1.79 bits per heavy atom. The summed E-state index contributed by atoms with van der Waals surface area (Å²) in [5.41, 5.74) is 0. The van der Waals surface area contributed by atoms with Crippen LogP contribution in [0.15, 0.2) is 17.5 Å². The van der Waals surface area contributed by atoms with Crippen molar-refractivity contribution >= 4 is 38.0 Å². The fraction of sp³-hybridized carbons (Fsp3) is 0.800. The molecule has 1 atom stereocenters. The molecule has 0 saturated heterocycles. The van der Waals surface area contributed by atoms with Crippen LogP contribution in [0.1, 0.15) is 68.3 Å². The second kappa shape index (κ2) is 11.4. The van der Waals surface area contributed by atoms with Crippen LogP contribution in [-0.4, -0.2) is 26.7 Å². The zero-order valence-electron chi connectivity index (χ0n) is 17.0. The van der Waals surface area contributed by atoms with Gasteiger partial charge in [0.2, 0.25) is 0 Å². The Labute approximate surface area is 160 Å². The molecule has 1 aromatic heterocycles. The zero-order valence-corrected chi connectivity index (χ0v) is 21.7. The average molecular weight is 475 g/mol. The predicted molar refractivity (Wildman–Crippen MR) is 116 cm³/mol. The van der Waals surface area contributed by atoms with E-state index in [1.54, 1.807) is 4.88 Å². The molecular weight excluding hydrogens is 435 g/mol. The molecule has 1 rings (SSSR count). The normalized spacial score (nSPS) is 14.1. The van der Waals surface area contributed by atoms with Crippen LogP contribution in [0.2, 0.25) is 33.0 Å². The van der Waals surface area contributed by atoms with Crippen LogP contribution in [0.25, 0.3) is 0 Å². The van der Waals surface area contributed by atoms with E-state index in [-0.39, 0.29) is 0 Å². The first-order valence-electron chi connectivity index (χ1n) is 10.1. The maximum absolute atomic E-state index is 6.98. The van der Waals surface area contributed by atoms with Crippen molar-refractivity contribution in [2.45, 2.75) is 96.4 Å². The quantitative estimate of drug-likeness (QED) is 0.263. The van der Waals surface area contributed by atoms with E-state index in [0.717, 1.165) is 0 Å². The molecule has 24 heavy (non-hydrogen) atoms. The summed E-state index contributed by atoms with van der Waals surface area (Å²) in [5.74, 6) is 0. The van der Waals surface area contributed by atoms with Gasteiger partial charge in [0.15, 0.2) is 0 Å². The summed E-state index contributed by atoms with van der Waals surface area (Å²) in [6.07, 6.45) is 8.25. The van der Waals surface area contributed by atoms with Crippen molar-refractivity contribution in [2.75, 3.05) is 0 Å². The second-order valence-electron chi connectivity index (χ2n) is 8.30. The van der Waals surface area contributed by atoms with Crippen LogP contribution in [0.5, 0.6) is 0 Å². The van der Waals surface area contributed by atoms with Gasteiger partial charge >= 0.3 is 161 Å². The summed E-state index contributed by atoms with van der Waals surface area (Å²) in [6, 6.07) is 4.60. The molecule has 140 valence electrons. The minimum atomic E-state index is -2.40. The van der Waals surface area contributed by atoms with Crippen molar-refractivity contribution in [3.63, 3.8) is 0 Å². The Bertz CT molecular complexity index is 406. The summed E-state index contributed by atoms with van der Waals surface area (Å²) < 4.78 is 12.1. The van der Waals surface area contributed by atoms with Crippen molar-refractivity contribution in [3.8, 4) is 0 Å². The minimum absolute atomic E-state index is 0.510. The van der Waals surface area contributed by atoms with Crippen LogP contribution in [0.3, 0.4) is 0 Å². The molecule has 0 radical (unpaired) electrons. The number of thiophene rings is 1. The molecule has 1 nitrogen and oxygen atoms in total. The van der Waals surface area contributed by atoms with E-state index in [2.05, 4.69) is 57.9 Å².